The van der Waals surface area contributed by atoms with Gasteiger partial charge in [-0.05, 0) is 92.6 Å². The van der Waals surface area contributed by atoms with Gasteiger partial charge < -0.3 is 74.4 Å². The summed E-state index contributed by atoms with van der Waals surface area (Å²) < 4.78 is 37.1. The highest BCUT2D eigenvalue weighted by Gasteiger charge is 2.53. The summed E-state index contributed by atoms with van der Waals surface area (Å²) in [5, 5.41) is 89.6. The van der Waals surface area contributed by atoms with E-state index in [0.29, 0.717) is 12.0 Å². The van der Waals surface area contributed by atoms with Crippen LogP contribution in [0.2, 0.25) is 0 Å². The molecule has 0 radical (unpaired) electrons. The second kappa shape index (κ2) is 26.2. The molecular formula is C48H79Cl2N3O18. The number of Topliss-reactive ketones (excluding diaryl/α,β-unsaturated/α-hetero) is 1. The van der Waals surface area contributed by atoms with Crippen LogP contribution in [-0.2, 0) is 42.8 Å². The van der Waals surface area contributed by atoms with Crippen molar-refractivity contribution in [3.8, 4) is 0 Å². The molecule has 0 unspecified atom stereocenters. The molecule has 21 nitrogen and oxygen atoms in total. The molecule has 3 aliphatic heterocycles. The summed E-state index contributed by atoms with van der Waals surface area (Å²) in [4.78, 5) is 49.7. The molecule has 0 spiro atoms. The Morgan fingerprint density at radius 1 is 0.958 bits per heavy atom. The number of cyclic esters (lactones) is 1. The van der Waals surface area contributed by atoms with Gasteiger partial charge in [0.25, 0.3) is 11.6 Å². The number of methoxy groups -OCH3 is 1. The highest BCUT2D eigenvalue weighted by molar-refractivity contribution is 6.53. The third-order valence-electron chi connectivity index (χ3n) is 14.4. The van der Waals surface area contributed by atoms with Crippen molar-refractivity contribution in [1.82, 2.24) is 10.2 Å². The lowest BCUT2D eigenvalue weighted by Gasteiger charge is -2.49. The fraction of sp³-hybridized carbons (Fsp3) is 0.812. The average Bonchev–Trinajstić information content (AvgIpc) is 3.31. The van der Waals surface area contributed by atoms with Crippen molar-refractivity contribution in [2.24, 2.45) is 23.7 Å². The molecule has 0 aromatic heterocycles. The van der Waals surface area contributed by atoms with Gasteiger partial charge in [-0.25, -0.2) is 0 Å². The Hall–Kier alpha value is -2.71. The topological polar surface area (TPSA) is 307 Å². The van der Waals surface area contributed by atoms with Crippen molar-refractivity contribution < 1.29 is 83.5 Å². The van der Waals surface area contributed by atoms with Gasteiger partial charge in [0.15, 0.2) is 17.4 Å². The van der Waals surface area contributed by atoms with Crippen molar-refractivity contribution in [3.05, 3.63) is 39.9 Å². The van der Waals surface area contributed by atoms with E-state index in [1.807, 2.05) is 25.9 Å². The zero-order valence-corrected chi connectivity index (χ0v) is 44.5. The molecule has 0 aliphatic carbocycles. The van der Waals surface area contributed by atoms with Gasteiger partial charge in [-0.3, -0.25) is 24.5 Å². The number of benzene rings is 1. The molecule has 3 fully saturated rings. The minimum Gasteiger partial charge on any atom is -0.459 e. The Labute approximate surface area is 426 Å². The molecule has 0 saturated carbocycles. The predicted molar refractivity (Wildman–Crippen MR) is 259 cm³/mol. The first-order chi connectivity index (χ1) is 32.8. The Bertz CT molecular complexity index is 1900. The first-order valence-corrected chi connectivity index (χ1v) is 24.8. The van der Waals surface area contributed by atoms with Gasteiger partial charge in [0.1, 0.15) is 35.8 Å². The van der Waals surface area contributed by atoms with Crippen LogP contribution in [-0.4, -0.2) is 186 Å². The van der Waals surface area contributed by atoms with E-state index in [9.17, 15) is 55.1 Å². The lowest BCUT2D eigenvalue weighted by Crippen LogP contribution is -2.61. The number of ether oxygens (including phenoxy) is 6. The molecule has 1 aromatic rings. The Kier molecular flexibility index (Phi) is 23.1. The number of non-ortho nitro benzene ring substituents is 1. The summed E-state index contributed by atoms with van der Waals surface area (Å²) in [6.07, 6.45) is -11.0. The minimum atomic E-state index is -1.99. The molecule has 3 saturated heterocycles. The lowest BCUT2D eigenvalue weighted by molar-refractivity contribution is -0.384. The van der Waals surface area contributed by atoms with Crippen molar-refractivity contribution in [1.29, 1.82) is 0 Å². The molecule has 20 atom stereocenters. The average molecular weight is 1060 g/mol. The second-order valence-corrected chi connectivity index (χ2v) is 21.5. The highest BCUT2D eigenvalue weighted by atomic mass is 35.5. The Morgan fingerprint density at radius 3 is 2.06 bits per heavy atom. The van der Waals surface area contributed by atoms with Crippen LogP contribution < -0.4 is 5.32 Å². The largest absolute Gasteiger partial charge is 0.459 e. The first-order valence-electron chi connectivity index (χ1n) is 24.0. The fourth-order valence-corrected chi connectivity index (χ4v) is 10.0. The van der Waals surface area contributed by atoms with Crippen LogP contribution in [0.1, 0.15) is 107 Å². The molecule has 4 rings (SSSR count). The maximum Gasteiger partial charge on any atom is 0.311 e. The number of likely N-dealkylation sites (N-methyl/N-ethyl adjacent to an activating group) is 1. The van der Waals surface area contributed by atoms with E-state index in [4.69, 9.17) is 56.7 Å². The van der Waals surface area contributed by atoms with E-state index in [0.717, 1.165) is 0 Å². The first kappa shape index (κ1) is 62.6. The molecule has 8 N–H and O–H groups in total. The lowest BCUT2D eigenvalue weighted by atomic mass is 9.74. The molecule has 0 bridgehead atoms. The highest BCUT2D eigenvalue weighted by Crippen LogP contribution is 2.41. The van der Waals surface area contributed by atoms with E-state index in [-0.39, 0.29) is 37.1 Å². The number of esters is 1. The van der Waals surface area contributed by atoms with Gasteiger partial charge in [0.2, 0.25) is 0 Å². The minimum absolute atomic E-state index is 0.0936. The maximum absolute atomic E-state index is 14.1. The number of amides is 1. The smallest absolute Gasteiger partial charge is 0.311 e. The van der Waals surface area contributed by atoms with Crippen LogP contribution in [0.4, 0.5) is 5.69 Å². The van der Waals surface area contributed by atoms with Crippen LogP contribution in [0, 0.1) is 33.8 Å². The van der Waals surface area contributed by atoms with E-state index >= 15 is 0 Å². The van der Waals surface area contributed by atoms with Crippen molar-refractivity contribution >= 4 is 46.5 Å². The van der Waals surface area contributed by atoms with E-state index in [1.165, 1.54) is 52.1 Å². The number of aliphatic hydroxyl groups excluding tert-OH is 5. The van der Waals surface area contributed by atoms with Gasteiger partial charge in [0, 0.05) is 49.5 Å². The van der Waals surface area contributed by atoms with Crippen molar-refractivity contribution in [2.75, 3.05) is 27.8 Å². The Morgan fingerprint density at radius 2 is 1.55 bits per heavy atom. The molecule has 23 heteroatoms. The maximum atomic E-state index is 14.1. The number of nitro groups is 1. The van der Waals surface area contributed by atoms with E-state index < -0.39 is 142 Å². The van der Waals surface area contributed by atoms with E-state index in [2.05, 4.69) is 5.32 Å². The number of halogens is 2. The standard InChI is InChI=1S/C37H67NO13.C11H12Cl2N2O5/c1-14-25-37(10,45)30(41)20(4)27(39)18(2)16-35(8,44)32(51-34-28(40)24(38(11)12)15-19(3)47-34)21(5)29(22(6)33(43)49-25)50-26-17-36(9,46-13)31(42)23(7)48-26;12-10(13)11(18)14-8(5-16)9(17)6-1-3-7(4-2-6)15(19)20/h18-26,28-32,34,40-42,44-45H,14-17H2,1-13H3;1-4,8-10,16-17H,5H2,(H,14,18)/t18-,19-,20+,21+,22-,23+,24+,25-,26+,28-,29+,30-,31+,32-,34+,35-,36-,37-;8-,9-/m11/s1. The normalized spacial score (nSPS) is 39.6. The number of nitro benzene ring substituents is 1. The van der Waals surface area contributed by atoms with Crippen LogP contribution in [0.3, 0.4) is 0 Å². The van der Waals surface area contributed by atoms with Crippen LogP contribution >= 0.6 is 23.2 Å². The van der Waals surface area contributed by atoms with Crippen LogP contribution in [0.25, 0.3) is 0 Å². The molecular weight excluding hydrogens is 977 g/mol. The number of ketones is 1. The van der Waals surface area contributed by atoms with Crippen molar-refractivity contribution in [2.45, 2.75) is 196 Å². The number of carbonyl (C=O) groups is 3. The number of hydrogen-bond acceptors (Lipinski definition) is 19. The third kappa shape index (κ3) is 15.4. The zero-order chi connectivity index (χ0) is 54.2. The number of nitrogens with zero attached hydrogens (tertiary/aromatic N) is 2. The summed E-state index contributed by atoms with van der Waals surface area (Å²) in [5.74, 6) is -5.73. The number of aliphatic hydroxyl groups is 7. The summed E-state index contributed by atoms with van der Waals surface area (Å²) in [6, 6.07) is 3.73. The summed E-state index contributed by atoms with van der Waals surface area (Å²) in [5.41, 5.74) is -4.67. The SMILES string of the molecule is CC[C@H]1OC(=O)[C@H](C)[C@@H](O[C@H]2C[C@@](C)(OC)[C@@H](O)[C@H](C)O2)[C@H](C)[C@@H](O[C@@H]2O[C@H](C)C[C@H](N(C)C)[C@H]2O)[C@](C)(O)C[C@@H](C)C(=O)[C@H](C)[C@@H](O)[C@]1(C)O.O=C(N[C@H](CO)[C@H](O)c1ccc([N+](=O)[O-])cc1)C(Cl)Cl. The van der Waals surface area contributed by atoms with Gasteiger partial charge in [-0.1, -0.05) is 50.9 Å². The Balaban J connectivity index is 0.000000555. The molecule has 71 heavy (non-hydrogen) atoms. The summed E-state index contributed by atoms with van der Waals surface area (Å²) in [7, 11) is 5.18. The van der Waals surface area contributed by atoms with Gasteiger partial charge in [-0.15, -0.1) is 0 Å². The third-order valence-corrected chi connectivity index (χ3v) is 14.8. The number of alkyl halides is 2. The second-order valence-electron chi connectivity index (χ2n) is 20.4. The fourth-order valence-electron chi connectivity index (χ4n) is 9.91. The van der Waals surface area contributed by atoms with Gasteiger partial charge in [-0.2, -0.15) is 0 Å². The van der Waals surface area contributed by atoms with E-state index in [1.54, 1.807) is 41.5 Å². The number of nitrogens with one attached hydrogen (secondary N) is 1. The molecule has 1 aromatic carbocycles. The van der Waals surface area contributed by atoms with Crippen molar-refractivity contribution in [3.63, 3.8) is 0 Å². The molecule has 3 aliphatic rings. The summed E-state index contributed by atoms with van der Waals surface area (Å²) in [6.45, 7) is 15.8. The molecule has 408 valence electrons. The van der Waals surface area contributed by atoms with Crippen LogP contribution in [0.5, 0.6) is 0 Å². The quantitative estimate of drug-likeness (QED) is 0.0610. The molecule has 1 amide bonds. The summed E-state index contributed by atoms with van der Waals surface area (Å²) >= 11 is 10.7. The predicted octanol–water partition coefficient (Wildman–Crippen LogP) is 2.69. The monoisotopic (exact) mass is 1060 g/mol. The number of hydrogen-bond donors (Lipinski definition) is 8. The van der Waals surface area contributed by atoms with Gasteiger partial charge >= 0.3 is 5.97 Å². The van der Waals surface area contributed by atoms with Gasteiger partial charge in [0.05, 0.1) is 65.2 Å². The number of rotatable bonds is 13. The van der Waals surface area contributed by atoms with Crippen LogP contribution in [0.15, 0.2) is 24.3 Å². The number of carbonyl (C=O) groups excluding carboxylic acids is 3. The molecule has 3 heterocycles. The zero-order valence-electron chi connectivity index (χ0n) is 43.0.